The molecule has 29 heavy (non-hydrogen) atoms. The topological polar surface area (TPSA) is 133 Å². The fourth-order valence-corrected chi connectivity index (χ4v) is 3.74. The highest BCUT2D eigenvalue weighted by molar-refractivity contribution is 5.58. The van der Waals surface area contributed by atoms with Gasteiger partial charge < -0.3 is 16.8 Å². The molecular formula is C19H24F2N6O2. The normalized spacial score (nSPS) is 19.1. The molecule has 0 radical (unpaired) electrons. The molecule has 0 atom stereocenters. The lowest BCUT2D eigenvalue weighted by molar-refractivity contribution is -0.385. The molecule has 3 rings (SSSR count). The molecule has 0 bridgehead atoms. The zero-order chi connectivity index (χ0) is 21.0. The molecule has 0 unspecified atom stereocenters. The number of benzene rings is 1. The summed E-state index contributed by atoms with van der Waals surface area (Å²) < 4.78 is 27.1. The summed E-state index contributed by atoms with van der Waals surface area (Å²) in [5.74, 6) is -0.610. The molecule has 8 nitrogen and oxygen atoms in total. The standard InChI is InChI=1S/C19H24F2N6O2/c20-14-5-6-15(21)13(8-14)10-24-19-25-16(17(27(28)29)18(23)26-19)7-11-1-3-12(9-22)4-2-11/h5-6,8,11-12H,1-4,7,9-10,22H2,(H3,23,24,25,26). The lowest BCUT2D eigenvalue weighted by Gasteiger charge is -2.27. The highest BCUT2D eigenvalue weighted by Crippen LogP contribution is 2.34. The fraction of sp³-hybridized carbons (Fsp3) is 0.474. The van der Waals surface area contributed by atoms with Gasteiger partial charge in [0.05, 0.1) is 4.92 Å². The van der Waals surface area contributed by atoms with Gasteiger partial charge in [0.1, 0.15) is 17.3 Å². The van der Waals surface area contributed by atoms with E-state index in [2.05, 4.69) is 15.3 Å². The first-order valence-corrected chi connectivity index (χ1v) is 9.56. The van der Waals surface area contributed by atoms with Gasteiger partial charge in [-0.05, 0) is 68.7 Å². The molecule has 10 heteroatoms. The van der Waals surface area contributed by atoms with E-state index in [0.717, 1.165) is 43.9 Å². The van der Waals surface area contributed by atoms with Crippen molar-refractivity contribution in [3.05, 3.63) is 51.2 Å². The third-order valence-corrected chi connectivity index (χ3v) is 5.39. The molecule has 5 N–H and O–H groups in total. The van der Waals surface area contributed by atoms with Crippen LogP contribution in [0.25, 0.3) is 0 Å². The van der Waals surface area contributed by atoms with Crippen molar-refractivity contribution in [2.24, 2.45) is 17.6 Å². The minimum atomic E-state index is -0.578. The van der Waals surface area contributed by atoms with Crippen LogP contribution in [0.3, 0.4) is 0 Å². The predicted octanol–water partition coefficient (Wildman–Crippen LogP) is 3.16. The number of nitrogens with two attached hydrogens (primary N) is 2. The quantitative estimate of drug-likeness (QED) is 0.475. The van der Waals surface area contributed by atoms with Crippen molar-refractivity contribution < 1.29 is 13.7 Å². The third kappa shape index (κ3) is 5.14. The second kappa shape index (κ2) is 9.08. The van der Waals surface area contributed by atoms with Crippen LogP contribution in [-0.4, -0.2) is 21.4 Å². The SMILES string of the molecule is NCC1CCC(Cc2nc(NCc3cc(F)ccc3F)nc(N)c2[N+](=O)[O-])CC1. The van der Waals surface area contributed by atoms with Crippen molar-refractivity contribution in [2.45, 2.75) is 38.6 Å². The number of nitrogens with one attached hydrogen (secondary N) is 1. The molecule has 1 aromatic heterocycles. The molecule has 1 fully saturated rings. The number of hydrogen-bond acceptors (Lipinski definition) is 7. The highest BCUT2D eigenvalue weighted by Gasteiger charge is 2.27. The molecule has 0 saturated heterocycles. The second-order valence-corrected chi connectivity index (χ2v) is 7.40. The molecule has 1 aromatic carbocycles. The smallest absolute Gasteiger partial charge is 0.332 e. The van der Waals surface area contributed by atoms with Gasteiger partial charge in [0.2, 0.25) is 11.8 Å². The summed E-state index contributed by atoms with van der Waals surface area (Å²) >= 11 is 0. The summed E-state index contributed by atoms with van der Waals surface area (Å²) in [6.45, 7) is 0.569. The van der Waals surface area contributed by atoms with E-state index in [-0.39, 0.29) is 41.2 Å². The summed E-state index contributed by atoms with van der Waals surface area (Å²) in [4.78, 5) is 19.1. The van der Waals surface area contributed by atoms with Gasteiger partial charge in [0, 0.05) is 12.1 Å². The van der Waals surface area contributed by atoms with E-state index in [1.165, 1.54) is 0 Å². The number of halogens is 2. The van der Waals surface area contributed by atoms with Crippen LogP contribution < -0.4 is 16.8 Å². The maximum absolute atomic E-state index is 13.8. The van der Waals surface area contributed by atoms with Crippen molar-refractivity contribution in [3.8, 4) is 0 Å². The van der Waals surface area contributed by atoms with Crippen molar-refractivity contribution in [1.29, 1.82) is 0 Å². The highest BCUT2D eigenvalue weighted by atomic mass is 19.1. The summed E-state index contributed by atoms with van der Waals surface area (Å²) in [5, 5.41) is 14.3. The number of aromatic nitrogens is 2. The van der Waals surface area contributed by atoms with E-state index < -0.39 is 16.6 Å². The van der Waals surface area contributed by atoms with Crippen LogP contribution in [0.2, 0.25) is 0 Å². The van der Waals surface area contributed by atoms with E-state index in [9.17, 15) is 18.9 Å². The van der Waals surface area contributed by atoms with E-state index in [1.807, 2.05) is 0 Å². The van der Waals surface area contributed by atoms with Crippen LogP contribution in [0.4, 0.5) is 26.2 Å². The summed E-state index contributed by atoms with van der Waals surface area (Å²) in [7, 11) is 0. The van der Waals surface area contributed by atoms with Gasteiger partial charge in [-0.3, -0.25) is 10.1 Å². The summed E-state index contributed by atoms with van der Waals surface area (Å²) in [6, 6.07) is 3.12. The summed E-state index contributed by atoms with van der Waals surface area (Å²) in [5.41, 5.74) is 11.6. The molecule has 2 aromatic rings. The van der Waals surface area contributed by atoms with Gasteiger partial charge >= 0.3 is 5.69 Å². The van der Waals surface area contributed by atoms with Gasteiger partial charge in [0.25, 0.3) is 0 Å². The minimum absolute atomic E-state index is 0.0439. The van der Waals surface area contributed by atoms with Crippen LogP contribution in [0.1, 0.15) is 36.9 Å². The molecule has 0 spiro atoms. The molecule has 0 amide bonds. The zero-order valence-electron chi connectivity index (χ0n) is 15.9. The molecule has 0 aliphatic heterocycles. The molecule has 1 aliphatic rings. The Bertz CT molecular complexity index is 887. The van der Waals surface area contributed by atoms with Crippen molar-refractivity contribution in [3.63, 3.8) is 0 Å². The minimum Gasteiger partial charge on any atom is -0.378 e. The van der Waals surface area contributed by atoms with Gasteiger partial charge in [-0.25, -0.2) is 13.8 Å². The number of anilines is 2. The van der Waals surface area contributed by atoms with Gasteiger partial charge in [-0.1, -0.05) is 0 Å². The molecule has 156 valence electrons. The predicted molar refractivity (Wildman–Crippen MR) is 105 cm³/mol. The van der Waals surface area contributed by atoms with Crippen LogP contribution >= 0.6 is 0 Å². The van der Waals surface area contributed by atoms with Gasteiger partial charge in [0.15, 0.2) is 0 Å². The summed E-state index contributed by atoms with van der Waals surface area (Å²) in [6.07, 6.45) is 4.21. The second-order valence-electron chi connectivity index (χ2n) is 7.40. The maximum Gasteiger partial charge on any atom is 0.332 e. The largest absolute Gasteiger partial charge is 0.378 e. The molecule has 1 aliphatic carbocycles. The maximum atomic E-state index is 13.8. The monoisotopic (exact) mass is 406 g/mol. The number of nitrogens with zero attached hydrogens (tertiary/aromatic N) is 3. The first-order valence-electron chi connectivity index (χ1n) is 9.56. The Hall–Kier alpha value is -2.88. The Morgan fingerprint density at radius 1 is 1.17 bits per heavy atom. The lowest BCUT2D eigenvalue weighted by Crippen LogP contribution is -2.23. The van der Waals surface area contributed by atoms with E-state index in [4.69, 9.17) is 11.5 Å². The first-order chi connectivity index (χ1) is 13.9. The Morgan fingerprint density at radius 2 is 1.86 bits per heavy atom. The van der Waals surface area contributed by atoms with Crippen molar-refractivity contribution in [1.82, 2.24) is 9.97 Å². The Labute approximate surface area is 166 Å². The zero-order valence-corrected chi connectivity index (χ0v) is 15.9. The average molecular weight is 406 g/mol. The Morgan fingerprint density at radius 3 is 2.52 bits per heavy atom. The van der Waals surface area contributed by atoms with Crippen LogP contribution in [0.15, 0.2) is 18.2 Å². The number of rotatable bonds is 7. The van der Waals surface area contributed by atoms with E-state index in [1.54, 1.807) is 0 Å². The molecule has 1 saturated carbocycles. The van der Waals surface area contributed by atoms with Crippen LogP contribution in [0, 0.1) is 33.6 Å². The number of nitrogen functional groups attached to an aromatic ring is 1. The Kier molecular flexibility index (Phi) is 6.53. The van der Waals surface area contributed by atoms with Gasteiger partial charge in [-0.15, -0.1) is 0 Å². The van der Waals surface area contributed by atoms with Crippen molar-refractivity contribution >= 4 is 17.5 Å². The molecular weight excluding hydrogens is 382 g/mol. The molecule has 1 heterocycles. The third-order valence-electron chi connectivity index (χ3n) is 5.39. The first kappa shape index (κ1) is 20.8. The number of hydrogen-bond donors (Lipinski definition) is 3. The van der Waals surface area contributed by atoms with Crippen LogP contribution in [-0.2, 0) is 13.0 Å². The fourth-order valence-electron chi connectivity index (χ4n) is 3.74. The van der Waals surface area contributed by atoms with Crippen LogP contribution in [0.5, 0.6) is 0 Å². The number of nitro groups is 1. The Balaban J connectivity index is 1.78. The lowest BCUT2D eigenvalue weighted by atomic mass is 9.80. The van der Waals surface area contributed by atoms with E-state index in [0.29, 0.717) is 18.9 Å². The van der Waals surface area contributed by atoms with E-state index >= 15 is 0 Å². The van der Waals surface area contributed by atoms with Crippen molar-refractivity contribution in [2.75, 3.05) is 17.6 Å². The average Bonchev–Trinajstić information content (AvgIpc) is 2.68. The van der Waals surface area contributed by atoms with Gasteiger partial charge in [-0.2, -0.15) is 4.98 Å².